The smallest absolute Gasteiger partial charge is 0.237 e. The highest BCUT2D eigenvalue weighted by molar-refractivity contribution is 7.92. The van der Waals surface area contributed by atoms with Gasteiger partial charge in [0, 0.05) is 0 Å². The van der Waals surface area contributed by atoms with E-state index in [9.17, 15) is 8.42 Å². The zero-order valence-electron chi connectivity index (χ0n) is 11.3. The topological polar surface area (TPSA) is 106 Å². The number of anilines is 1. The normalized spacial score (nSPS) is 15.0. The molecule has 0 spiro atoms. The van der Waals surface area contributed by atoms with Gasteiger partial charge >= 0.3 is 0 Å². The Morgan fingerprint density at radius 3 is 2.24 bits per heavy atom. The molecule has 2 rings (SSSR count). The van der Waals surface area contributed by atoms with Gasteiger partial charge in [0.05, 0.1) is 15.8 Å². The Labute approximate surface area is 123 Å². The molecule has 0 aliphatic heterocycles. The van der Waals surface area contributed by atoms with Gasteiger partial charge in [0.1, 0.15) is 12.1 Å². The molecule has 0 aromatic heterocycles. The van der Waals surface area contributed by atoms with Crippen molar-refractivity contribution >= 4 is 21.2 Å². The molecule has 6 nitrogen and oxygen atoms in total. The van der Waals surface area contributed by atoms with E-state index in [0.29, 0.717) is 10.6 Å². The fourth-order valence-corrected chi connectivity index (χ4v) is 4.16. The van der Waals surface area contributed by atoms with E-state index in [4.69, 9.17) is 10.5 Å². The minimum Gasteiger partial charge on any atom is -0.277 e. The van der Waals surface area contributed by atoms with Crippen molar-refractivity contribution in [1.29, 1.82) is 10.5 Å². The van der Waals surface area contributed by atoms with E-state index < -0.39 is 9.84 Å². The van der Waals surface area contributed by atoms with Crippen LogP contribution in [0.4, 0.5) is 5.69 Å². The van der Waals surface area contributed by atoms with E-state index in [1.165, 1.54) is 12.1 Å². The molecule has 0 atom stereocenters. The molecule has 108 valence electrons. The fourth-order valence-electron chi connectivity index (χ4n) is 2.31. The van der Waals surface area contributed by atoms with E-state index in [2.05, 4.69) is 10.5 Å². The lowest BCUT2D eigenvalue weighted by Crippen LogP contribution is -2.17. The number of rotatable bonds is 4. The number of hydrazone groups is 1. The van der Waals surface area contributed by atoms with Crippen LogP contribution in [0.3, 0.4) is 0 Å². The van der Waals surface area contributed by atoms with E-state index in [0.717, 1.165) is 25.7 Å². The van der Waals surface area contributed by atoms with Crippen molar-refractivity contribution in [3.8, 4) is 12.1 Å². The fraction of sp³-hybridized carbons (Fsp3) is 0.357. The molecule has 1 aromatic rings. The number of sulfone groups is 1. The summed E-state index contributed by atoms with van der Waals surface area (Å²) >= 11 is 0. The molecule has 0 amide bonds. The summed E-state index contributed by atoms with van der Waals surface area (Å²) in [5.41, 5.74) is 2.77. The van der Waals surface area contributed by atoms with Gasteiger partial charge in [0.15, 0.2) is 9.84 Å². The Bertz CT molecular complexity index is 702. The van der Waals surface area contributed by atoms with Gasteiger partial charge in [0.25, 0.3) is 0 Å². The lowest BCUT2D eigenvalue weighted by atomic mass is 10.3. The molecule has 21 heavy (non-hydrogen) atoms. The first kappa shape index (κ1) is 15.0. The molecular weight excluding hydrogens is 288 g/mol. The summed E-state index contributed by atoms with van der Waals surface area (Å²) < 4.78 is 24.7. The lowest BCUT2D eigenvalue weighted by molar-refractivity contribution is 0.579. The number of benzene rings is 1. The highest BCUT2D eigenvalue weighted by atomic mass is 32.2. The quantitative estimate of drug-likeness (QED) is 0.678. The summed E-state index contributed by atoms with van der Waals surface area (Å²) in [4.78, 5) is 0.296. The number of nitrogens with one attached hydrogen (secondary N) is 1. The highest BCUT2D eigenvalue weighted by Crippen LogP contribution is 2.29. The third kappa shape index (κ3) is 3.39. The van der Waals surface area contributed by atoms with Crippen molar-refractivity contribution in [2.75, 3.05) is 5.43 Å². The largest absolute Gasteiger partial charge is 0.277 e. The molecule has 1 saturated carbocycles. The molecule has 1 N–H and O–H groups in total. The second-order valence-corrected chi connectivity index (χ2v) is 7.00. The second-order valence-electron chi connectivity index (χ2n) is 4.77. The van der Waals surface area contributed by atoms with E-state index in [-0.39, 0.29) is 11.0 Å². The number of hydrogen-bond donors (Lipinski definition) is 1. The van der Waals surface area contributed by atoms with Crippen LogP contribution in [0.2, 0.25) is 0 Å². The maximum Gasteiger partial charge on any atom is 0.237 e. The van der Waals surface area contributed by atoms with Crippen LogP contribution in [0.15, 0.2) is 34.3 Å². The molecule has 0 bridgehead atoms. The number of nitriles is 2. The summed E-state index contributed by atoms with van der Waals surface area (Å²) in [6, 6.07) is 9.42. The highest BCUT2D eigenvalue weighted by Gasteiger charge is 2.29. The molecule has 0 unspecified atom stereocenters. The minimum absolute atomic E-state index is 0.280. The summed E-state index contributed by atoms with van der Waals surface area (Å²) in [7, 11) is -3.26. The van der Waals surface area contributed by atoms with E-state index in [1.54, 1.807) is 24.3 Å². The first-order valence-corrected chi connectivity index (χ1v) is 8.10. The second kappa shape index (κ2) is 6.38. The Hall–Kier alpha value is -2.38. The van der Waals surface area contributed by atoms with Gasteiger partial charge < -0.3 is 0 Å². The first-order chi connectivity index (χ1) is 10.1. The van der Waals surface area contributed by atoms with Crippen LogP contribution in [0.25, 0.3) is 0 Å². The van der Waals surface area contributed by atoms with Crippen LogP contribution in [0.1, 0.15) is 25.7 Å². The molecule has 1 aliphatic rings. The summed E-state index contributed by atoms with van der Waals surface area (Å²) in [6.07, 6.45) is 3.37. The predicted octanol–water partition coefficient (Wildman–Crippen LogP) is 2.22. The zero-order chi connectivity index (χ0) is 15.3. The van der Waals surface area contributed by atoms with Crippen LogP contribution >= 0.6 is 0 Å². The third-order valence-corrected chi connectivity index (χ3v) is 5.71. The van der Waals surface area contributed by atoms with Gasteiger partial charge in [0.2, 0.25) is 5.71 Å². The Morgan fingerprint density at radius 2 is 1.71 bits per heavy atom. The summed E-state index contributed by atoms with van der Waals surface area (Å²) in [6.45, 7) is 0. The monoisotopic (exact) mass is 302 g/mol. The number of hydrogen-bond acceptors (Lipinski definition) is 6. The van der Waals surface area contributed by atoms with Gasteiger partial charge in [-0.2, -0.15) is 15.6 Å². The molecular formula is C14H14N4O2S. The van der Waals surface area contributed by atoms with Crippen LogP contribution in [0.5, 0.6) is 0 Å². The summed E-state index contributed by atoms with van der Waals surface area (Å²) in [5, 5.41) is 20.4. The van der Waals surface area contributed by atoms with Crippen LogP contribution < -0.4 is 5.43 Å². The van der Waals surface area contributed by atoms with Crippen LogP contribution in [0, 0.1) is 22.7 Å². The van der Waals surface area contributed by atoms with E-state index >= 15 is 0 Å². The predicted molar refractivity (Wildman–Crippen MR) is 78.2 cm³/mol. The SMILES string of the molecule is N#CC(C#N)=NNc1ccc(S(=O)(=O)C2CCCC2)cc1. The molecule has 1 fully saturated rings. The molecule has 1 aromatic carbocycles. The minimum atomic E-state index is -3.26. The van der Waals surface area contributed by atoms with Crippen molar-refractivity contribution in [3.05, 3.63) is 24.3 Å². The van der Waals surface area contributed by atoms with Gasteiger partial charge in [-0.1, -0.05) is 12.8 Å². The molecule has 0 radical (unpaired) electrons. The van der Waals surface area contributed by atoms with Crippen molar-refractivity contribution in [2.24, 2.45) is 5.10 Å². The number of nitrogens with zero attached hydrogens (tertiary/aromatic N) is 3. The molecule has 0 saturated heterocycles. The van der Waals surface area contributed by atoms with Crippen LogP contribution in [-0.2, 0) is 9.84 Å². The maximum atomic E-state index is 12.4. The van der Waals surface area contributed by atoms with Gasteiger partial charge in [-0.05, 0) is 37.1 Å². The Balaban J connectivity index is 2.14. The van der Waals surface area contributed by atoms with Crippen molar-refractivity contribution < 1.29 is 8.42 Å². The molecule has 0 heterocycles. The van der Waals surface area contributed by atoms with Gasteiger partial charge in [-0.25, -0.2) is 8.42 Å². The Morgan fingerprint density at radius 1 is 1.14 bits per heavy atom. The van der Waals surface area contributed by atoms with Crippen LogP contribution in [-0.4, -0.2) is 19.4 Å². The maximum absolute atomic E-state index is 12.4. The molecule has 1 aliphatic carbocycles. The zero-order valence-corrected chi connectivity index (χ0v) is 12.1. The summed E-state index contributed by atoms with van der Waals surface area (Å²) in [5.74, 6) is 0. The third-order valence-electron chi connectivity index (χ3n) is 3.43. The van der Waals surface area contributed by atoms with Crippen molar-refractivity contribution in [1.82, 2.24) is 0 Å². The van der Waals surface area contributed by atoms with Crippen molar-refractivity contribution in [2.45, 2.75) is 35.8 Å². The average Bonchev–Trinajstić information content (AvgIpc) is 3.04. The standard InChI is InChI=1S/C14H14N4O2S/c15-9-12(10-16)18-17-11-5-7-14(8-6-11)21(19,20)13-3-1-2-4-13/h5-8,13,17H,1-4H2. The first-order valence-electron chi connectivity index (χ1n) is 6.56. The van der Waals surface area contributed by atoms with E-state index in [1.807, 2.05) is 0 Å². The average molecular weight is 302 g/mol. The lowest BCUT2D eigenvalue weighted by Gasteiger charge is -2.11. The van der Waals surface area contributed by atoms with Gasteiger partial charge in [-0.15, -0.1) is 0 Å². The molecule has 7 heteroatoms. The van der Waals surface area contributed by atoms with Crippen molar-refractivity contribution in [3.63, 3.8) is 0 Å². The Kier molecular flexibility index (Phi) is 4.56. The van der Waals surface area contributed by atoms with Gasteiger partial charge in [-0.3, -0.25) is 5.43 Å².